The zero-order valence-electron chi connectivity index (χ0n) is 22.3. The summed E-state index contributed by atoms with van der Waals surface area (Å²) in [6, 6.07) is 11.5. The lowest BCUT2D eigenvalue weighted by Gasteiger charge is -2.33. The summed E-state index contributed by atoms with van der Waals surface area (Å²) < 4.78 is 26.4. The summed E-state index contributed by atoms with van der Waals surface area (Å²) in [6.45, 7) is 9.62. The van der Waals surface area contributed by atoms with Crippen molar-refractivity contribution in [2.75, 3.05) is 17.1 Å². The van der Waals surface area contributed by atoms with Crippen molar-refractivity contribution in [3.63, 3.8) is 0 Å². The van der Waals surface area contributed by atoms with Gasteiger partial charge in [0, 0.05) is 35.1 Å². The number of benzene rings is 2. The van der Waals surface area contributed by atoms with Crippen molar-refractivity contribution in [1.29, 1.82) is 0 Å². The van der Waals surface area contributed by atoms with Crippen molar-refractivity contribution in [2.45, 2.75) is 72.0 Å². The van der Waals surface area contributed by atoms with Crippen molar-refractivity contribution in [3.05, 3.63) is 63.6 Å². The van der Waals surface area contributed by atoms with E-state index in [9.17, 15) is 18.0 Å². The highest BCUT2D eigenvalue weighted by Gasteiger charge is 2.31. The predicted molar refractivity (Wildman–Crippen MR) is 152 cm³/mol. The minimum atomic E-state index is -3.61. The zero-order valence-corrected chi connectivity index (χ0v) is 24.7. The second-order valence-electron chi connectivity index (χ2n) is 10.1. The van der Waals surface area contributed by atoms with E-state index in [1.165, 1.54) is 4.31 Å². The highest BCUT2D eigenvalue weighted by molar-refractivity contribution is 7.92. The third kappa shape index (κ3) is 9.20. The van der Waals surface area contributed by atoms with Crippen molar-refractivity contribution in [1.82, 2.24) is 10.2 Å². The summed E-state index contributed by atoms with van der Waals surface area (Å²) in [6.07, 6.45) is 1.90. The van der Waals surface area contributed by atoms with Crippen molar-refractivity contribution in [2.24, 2.45) is 0 Å². The number of sulfonamides is 1. The molecule has 0 heterocycles. The van der Waals surface area contributed by atoms with Crippen LogP contribution in [-0.4, -0.2) is 49.5 Å². The molecule has 0 unspecified atom stereocenters. The molecular weight excluding hydrogens is 533 g/mol. The molecule has 204 valence electrons. The number of halogens is 2. The maximum absolute atomic E-state index is 13.5. The highest BCUT2D eigenvalue weighted by Crippen LogP contribution is 2.28. The number of carbonyl (C=O) groups is 2. The Bertz CT molecular complexity index is 1200. The molecule has 2 amide bonds. The summed E-state index contributed by atoms with van der Waals surface area (Å²) in [5.41, 5.74) is 1.52. The van der Waals surface area contributed by atoms with Gasteiger partial charge in [0.1, 0.15) is 6.04 Å². The summed E-state index contributed by atoms with van der Waals surface area (Å²) in [4.78, 5) is 28.2. The first-order valence-corrected chi connectivity index (χ1v) is 14.8. The van der Waals surface area contributed by atoms with Gasteiger partial charge in [0.25, 0.3) is 0 Å². The fourth-order valence-electron chi connectivity index (χ4n) is 4.01. The Kier molecular flexibility index (Phi) is 10.9. The van der Waals surface area contributed by atoms with Crippen LogP contribution in [0.5, 0.6) is 0 Å². The van der Waals surface area contributed by atoms with E-state index in [4.69, 9.17) is 23.2 Å². The fourth-order valence-corrected chi connectivity index (χ4v) is 5.32. The van der Waals surface area contributed by atoms with Gasteiger partial charge in [-0.25, -0.2) is 8.42 Å². The topological polar surface area (TPSA) is 86.8 Å². The molecule has 0 aliphatic carbocycles. The maximum atomic E-state index is 13.5. The molecule has 10 heteroatoms. The van der Waals surface area contributed by atoms with Crippen LogP contribution in [0.2, 0.25) is 10.0 Å². The normalized spacial score (nSPS) is 12.6. The van der Waals surface area contributed by atoms with E-state index < -0.39 is 21.6 Å². The van der Waals surface area contributed by atoms with E-state index >= 15 is 0 Å². The molecule has 0 aliphatic rings. The summed E-state index contributed by atoms with van der Waals surface area (Å²) in [5, 5.41) is 4.02. The number of amides is 2. The van der Waals surface area contributed by atoms with Gasteiger partial charge in [-0.2, -0.15) is 0 Å². The molecular formula is C27H37Cl2N3O4S. The first-order valence-electron chi connectivity index (χ1n) is 12.2. The monoisotopic (exact) mass is 569 g/mol. The lowest BCUT2D eigenvalue weighted by molar-refractivity contribution is -0.142. The number of hydrogen-bond donors (Lipinski definition) is 1. The fraction of sp³-hybridized carbons (Fsp3) is 0.481. The number of hydrogen-bond acceptors (Lipinski definition) is 4. The number of nitrogens with one attached hydrogen (secondary N) is 1. The second-order valence-corrected chi connectivity index (χ2v) is 12.9. The van der Waals surface area contributed by atoms with Crippen molar-refractivity contribution >= 4 is 50.7 Å². The quantitative estimate of drug-likeness (QED) is 0.383. The van der Waals surface area contributed by atoms with Gasteiger partial charge in [-0.1, -0.05) is 48.3 Å². The molecule has 1 N–H and O–H groups in total. The van der Waals surface area contributed by atoms with Gasteiger partial charge in [-0.3, -0.25) is 13.9 Å². The largest absolute Gasteiger partial charge is 0.350 e. The van der Waals surface area contributed by atoms with Crippen LogP contribution >= 0.6 is 23.2 Å². The van der Waals surface area contributed by atoms with Crippen LogP contribution in [0.15, 0.2) is 42.5 Å². The third-order valence-corrected chi connectivity index (χ3v) is 7.65. The first kappa shape index (κ1) is 30.9. The van der Waals surface area contributed by atoms with Crippen LogP contribution in [0, 0.1) is 6.92 Å². The van der Waals surface area contributed by atoms with E-state index in [0.717, 1.165) is 11.8 Å². The molecule has 1 atom stereocenters. The third-order valence-electron chi connectivity index (χ3n) is 5.81. The molecule has 0 fully saturated rings. The molecule has 0 radical (unpaired) electrons. The molecule has 2 aromatic rings. The SMILES string of the molecule is CC[C@H](C(=O)NC(C)(C)C)N(Cc1ccc(Cl)cc1)C(=O)CCCN(c1cccc(Cl)c1C)S(C)(=O)=O. The van der Waals surface area contributed by atoms with Gasteiger partial charge in [0.15, 0.2) is 0 Å². The molecule has 0 aliphatic heterocycles. The molecule has 2 aromatic carbocycles. The van der Waals surface area contributed by atoms with Crippen LogP contribution < -0.4 is 9.62 Å². The van der Waals surface area contributed by atoms with E-state index in [0.29, 0.717) is 27.7 Å². The maximum Gasteiger partial charge on any atom is 0.243 e. The van der Waals surface area contributed by atoms with E-state index in [2.05, 4.69) is 5.32 Å². The lowest BCUT2D eigenvalue weighted by Crippen LogP contribution is -2.53. The summed E-state index contributed by atoms with van der Waals surface area (Å²) in [5.74, 6) is -0.466. The van der Waals surface area contributed by atoms with E-state index in [1.807, 2.05) is 39.8 Å². The molecule has 7 nitrogen and oxygen atoms in total. The van der Waals surface area contributed by atoms with Gasteiger partial charge >= 0.3 is 0 Å². The Morgan fingerprint density at radius 3 is 2.22 bits per heavy atom. The molecule has 0 aromatic heterocycles. The van der Waals surface area contributed by atoms with Crippen molar-refractivity contribution in [3.8, 4) is 0 Å². The number of anilines is 1. The lowest BCUT2D eigenvalue weighted by atomic mass is 10.0. The average Bonchev–Trinajstić information content (AvgIpc) is 2.78. The van der Waals surface area contributed by atoms with E-state index in [1.54, 1.807) is 42.2 Å². The Labute approximate surface area is 231 Å². The zero-order chi connectivity index (χ0) is 28.0. The van der Waals surface area contributed by atoms with E-state index in [-0.39, 0.29) is 37.7 Å². The minimum Gasteiger partial charge on any atom is -0.350 e. The molecule has 0 saturated heterocycles. The summed E-state index contributed by atoms with van der Waals surface area (Å²) in [7, 11) is -3.61. The molecule has 0 bridgehead atoms. The van der Waals surface area contributed by atoms with Crippen LogP contribution in [0.4, 0.5) is 5.69 Å². The van der Waals surface area contributed by atoms with Crippen LogP contribution in [-0.2, 0) is 26.2 Å². The standard InChI is InChI=1S/C27H37Cl2N3O4S/c1-7-23(26(34)30-27(3,4)5)31(18-20-13-15-21(28)16-14-20)25(33)12-9-17-32(37(6,35)36)24-11-8-10-22(29)19(24)2/h8,10-11,13-16,23H,7,9,12,17-18H2,1-6H3,(H,30,34)/t23-/m1/s1. The van der Waals surface area contributed by atoms with Gasteiger partial charge in [-0.15, -0.1) is 0 Å². The van der Waals surface area contributed by atoms with Gasteiger partial charge in [0.05, 0.1) is 11.9 Å². The van der Waals surface area contributed by atoms with Crippen molar-refractivity contribution < 1.29 is 18.0 Å². The number of rotatable bonds is 11. The molecule has 37 heavy (non-hydrogen) atoms. The Morgan fingerprint density at radius 2 is 1.68 bits per heavy atom. The average molecular weight is 571 g/mol. The highest BCUT2D eigenvalue weighted by atomic mass is 35.5. The smallest absolute Gasteiger partial charge is 0.243 e. The minimum absolute atomic E-state index is 0.0680. The Balaban J connectivity index is 2.27. The summed E-state index contributed by atoms with van der Waals surface area (Å²) >= 11 is 12.2. The molecule has 2 rings (SSSR count). The first-order chi connectivity index (χ1) is 17.1. The Hall–Kier alpha value is -2.29. The van der Waals surface area contributed by atoms with Gasteiger partial charge < -0.3 is 10.2 Å². The van der Waals surface area contributed by atoms with Crippen LogP contribution in [0.25, 0.3) is 0 Å². The van der Waals surface area contributed by atoms with Gasteiger partial charge in [0.2, 0.25) is 21.8 Å². The van der Waals surface area contributed by atoms with Gasteiger partial charge in [-0.05, 0) is 75.9 Å². The number of carbonyl (C=O) groups excluding carboxylic acids is 2. The predicted octanol–water partition coefficient (Wildman–Crippen LogP) is 5.57. The second kappa shape index (κ2) is 13.0. The number of nitrogens with zero attached hydrogens (tertiary/aromatic N) is 2. The molecule has 0 spiro atoms. The van der Waals surface area contributed by atoms with Crippen LogP contribution in [0.1, 0.15) is 58.1 Å². The Morgan fingerprint density at radius 1 is 1.05 bits per heavy atom. The molecule has 0 saturated carbocycles. The van der Waals surface area contributed by atoms with Crippen LogP contribution in [0.3, 0.4) is 0 Å².